The summed E-state index contributed by atoms with van der Waals surface area (Å²) in [6.07, 6.45) is 0.115. The summed E-state index contributed by atoms with van der Waals surface area (Å²) in [4.78, 5) is 11.9. The van der Waals surface area contributed by atoms with Crippen LogP contribution in [0.3, 0.4) is 0 Å². The first-order chi connectivity index (χ1) is 11.7. The number of nitrogens with one attached hydrogen (secondary N) is 1. The fourth-order valence-corrected chi connectivity index (χ4v) is 5.49. The van der Waals surface area contributed by atoms with Gasteiger partial charge in [-0.2, -0.15) is 0 Å². The van der Waals surface area contributed by atoms with Gasteiger partial charge in [-0.3, -0.25) is 4.79 Å². The van der Waals surface area contributed by atoms with Crippen molar-refractivity contribution >= 4 is 25.6 Å². The van der Waals surface area contributed by atoms with Crippen molar-refractivity contribution in [2.75, 3.05) is 31.5 Å². The quantitative estimate of drug-likeness (QED) is 0.704. The van der Waals surface area contributed by atoms with Crippen LogP contribution in [0.5, 0.6) is 11.5 Å². The number of ether oxygens (including phenoxy) is 2. The number of benzene rings is 1. The van der Waals surface area contributed by atoms with E-state index in [1.165, 1.54) is 32.4 Å². The van der Waals surface area contributed by atoms with Gasteiger partial charge in [0.1, 0.15) is 0 Å². The van der Waals surface area contributed by atoms with Crippen LogP contribution in [0, 0.1) is 0 Å². The van der Waals surface area contributed by atoms with E-state index in [4.69, 9.17) is 9.47 Å². The minimum Gasteiger partial charge on any atom is -0.493 e. The van der Waals surface area contributed by atoms with Gasteiger partial charge in [0, 0.05) is 18.5 Å². The van der Waals surface area contributed by atoms with Gasteiger partial charge in [0.15, 0.2) is 31.2 Å². The zero-order valence-electron chi connectivity index (χ0n) is 14.0. The normalized spacial score (nSPS) is 19.4. The Morgan fingerprint density at radius 1 is 1.24 bits per heavy atom. The van der Waals surface area contributed by atoms with Gasteiger partial charge in [-0.15, -0.1) is 0 Å². The van der Waals surface area contributed by atoms with E-state index >= 15 is 0 Å². The van der Waals surface area contributed by atoms with E-state index in [2.05, 4.69) is 5.32 Å². The Morgan fingerprint density at radius 3 is 2.48 bits per heavy atom. The molecule has 0 bridgehead atoms. The number of carbonyl (C=O) groups is 1. The Morgan fingerprint density at radius 2 is 1.92 bits per heavy atom. The average molecular weight is 391 g/mol. The highest BCUT2D eigenvalue weighted by molar-refractivity contribution is 7.91. The maximum atomic E-state index is 12.4. The number of amides is 1. The van der Waals surface area contributed by atoms with E-state index < -0.39 is 31.6 Å². The van der Waals surface area contributed by atoms with Crippen molar-refractivity contribution in [3.8, 4) is 11.5 Å². The first-order valence-corrected chi connectivity index (χ1v) is 11.1. The Bertz CT molecular complexity index is 847. The maximum Gasteiger partial charge on any atom is 0.221 e. The number of methoxy groups -OCH3 is 2. The first kappa shape index (κ1) is 19.5. The van der Waals surface area contributed by atoms with Gasteiger partial charge in [-0.25, -0.2) is 16.8 Å². The number of hydrogen-bond donors (Lipinski definition) is 1. The highest BCUT2D eigenvalue weighted by atomic mass is 32.2. The molecule has 0 spiro atoms. The molecular formula is C15H21NO7S2. The predicted octanol–water partition coefficient (Wildman–Crippen LogP) is 0.171. The van der Waals surface area contributed by atoms with Gasteiger partial charge in [0.25, 0.3) is 0 Å². The summed E-state index contributed by atoms with van der Waals surface area (Å²) >= 11 is 0. The summed E-state index contributed by atoms with van der Waals surface area (Å²) in [6, 6.07) is 3.77. The lowest BCUT2D eigenvalue weighted by Crippen LogP contribution is -2.36. The topological polar surface area (TPSA) is 116 Å². The number of carbonyl (C=O) groups excluding carboxylic acids is 1. The molecule has 0 aromatic heterocycles. The molecule has 1 atom stereocenters. The van der Waals surface area contributed by atoms with Gasteiger partial charge in [0.05, 0.1) is 36.4 Å². The second-order valence-electron chi connectivity index (χ2n) is 5.75. The van der Waals surface area contributed by atoms with Crippen molar-refractivity contribution in [3.05, 3.63) is 18.2 Å². The molecule has 1 heterocycles. The fraction of sp³-hybridized carbons (Fsp3) is 0.533. The third-order valence-electron chi connectivity index (χ3n) is 3.91. The molecule has 0 radical (unpaired) electrons. The lowest BCUT2D eigenvalue weighted by atomic mass is 10.2. The number of sulfone groups is 2. The number of rotatable bonds is 7. The van der Waals surface area contributed by atoms with Crippen LogP contribution in [0.1, 0.15) is 12.8 Å². The third kappa shape index (κ3) is 5.08. The Labute approximate surface area is 147 Å². The van der Waals surface area contributed by atoms with Crippen molar-refractivity contribution in [1.82, 2.24) is 5.32 Å². The van der Waals surface area contributed by atoms with Gasteiger partial charge >= 0.3 is 0 Å². The summed E-state index contributed by atoms with van der Waals surface area (Å²) in [5.74, 6) is -0.228. The zero-order chi connectivity index (χ0) is 18.7. The van der Waals surface area contributed by atoms with Crippen molar-refractivity contribution in [2.45, 2.75) is 23.8 Å². The molecule has 1 fully saturated rings. The highest BCUT2D eigenvalue weighted by Crippen LogP contribution is 2.29. The second-order valence-corrected chi connectivity index (χ2v) is 10.1. The SMILES string of the molecule is COc1ccc(S(=O)(=O)CCC(=O)NC2CCS(=O)(=O)C2)cc1OC. The second kappa shape index (κ2) is 7.61. The molecule has 10 heteroatoms. The summed E-state index contributed by atoms with van der Waals surface area (Å²) in [6.45, 7) is 0. The monoisotopic (exact) mass is 391 g/mol. The van der Waals surface area contributed by atoms with Gasteiger partial charge in [-0.05, 0) is 18.6 Å². The Hall–Kier alpha value is -1.81. The summed E-state index contributed by atoms with van der Waals surface area (Å²) in [5.41, 5.74) is 0. The van der Waals surface area contributed by atoms with Crippen LogP contribution in [0.15, 0.2) is 23.1 Å². The van der Waals surface area contributed by atoms with Crippen LogP contribution in [0.2, 0.25) is 0 Å². The molecule has 1 aliphatic rings. The molecule has 1 N–H and O–H groups in total. The lowest BCUT2D eigenvalue weighted by molar-refractivity contribution is -0.121. The third-order valence-corrected chi connectivity index (χ3v) is 7.39. The van der Waals surface area contributed by atoms with Crippen molar-refractivity contribution in [3.63, 3.8) is 0 Å². The number of hydrogen-bond acceptors (Lipinski definition) is 7. The van der Waals surface area contributed by atoms with Gasteiger partial charge in [-0.1, -0.05) is 0 Å². The molecule has 8 nitrogen and oxygen atoms in total. The molecule has 2 rings (SSSR count). The molecule has 1 unspecified atom stereocenters. The standard InChI is InChI=1S/C15H21NO7S2/c1-22-13-4-3-12(9-14(13)23-2)25(20,21)8-6-15(17)16-11-5-7-24(18,19)10-11/h3-4,9,11H,5-8,10H2,1-2H3,(H,16,17). The van der Waals surface area contributed by atoms with Crippen molar-refractivity contribution in [2.24, 2.45) is 0 Å². The zero-order valence-corrected chi connectivity index (χ0v) is 15.7. The minimum absolute atomic E-state index is 0.0291. The van der Waals surface area contributed by atoms with Crippen molar-refractivity contribution in [1.29, 1.82) is 0 Å². The molecule has 1 aromatic rings. The van der Waals surface area contributed by atoms with Crippen LogP contribution in [0.4, 0.5) is 0 Å². The summed E-state index contributed by atoms with van der Waals surface area (Å²) in [5, 5.41) is 2.57. The molecule has 1 aromatic carbocycles. The fourth-order valence-electron chi connectivity index (χ4n) is 2.56. The molecular weight excluding hydrogens is 370 g/mol. The predicted molar refractivity (Wildman–Crippen MR) is 91.4 cm³/mol. The van der Waals surface area contributed by atoms with E-state index in [1.54, 1.807) is 0 Å². The molecule has 0 saturated carbocycles. The highest BCUT2D eigenvalue weighted by Gasteiger charge is 2.29. The van der Waals surface area contributed by atoms with Crippen LogP contribution in [-0.2, 0) is 24.5 Å². The van der Waals surface area contributed by atoms with Crippen LogP contribution < -0.4 is 14.8 Å². The van der Waals surface area contributed by atoms with E-state index in [9.17, 15) is 21.6 Å². The smallest absolute Gasteiger partial charge is 0.221 e. The maximum absolute atomic E-state index is 12.4. The largest absolute Gasteiger partial charge is 0.493 e. The minimum atomic E-state index is -3.68. The summed E-state index contributed by atoms with van der Waals surface area (Å²) in [7, 11) is -3.94. The molecule has 1 amide bonds. The van der Waals surface area contributed by atoms with E-state index in [-0.39, 0.29) is 34.3 Å². The van der Waals surface area contributed by atoms with Crippen LogP contribution in [-0.4, -0.2) is 60.3 Å². The van der Waals surface area contributed by atoms with Crippen LogP contribution in [0.25, 0.3) is 0 Å². The van der Waals surface area contributed by atoms with Crippen LogP contribution >= 0.6 is 0 Å². The molecule has 1 saturated heterocycles. The van der Waals surface area contributed by atoms with E-state index in [1.807, 2.05) is 0 Å². The average Bonchev–Trinajstić information content (AvgIpc) is 2.90. The Kier molecular flexibility index (Phi) is 5.94. The van der Waals surface area contributed by atoms with Gasteiger partial charge in [0.2, 0.25) is 5.91 Å². The first-order valence-electron chi connectivity index (χ1n) is 7.61. The molecule has 140 valence electrons. The van der Waals surface area contributed by atoms with Gasteiger partial charge < -0.3 is 14.8 Å². The lowest BCUT2D eigenvalue weighted by Gasteiger charge is -2.12. The summed E-state index contributed by atoms with van der Waals surface area (Å²) < 4.78 is 57.6. The van der Waals surface area contributed by atoms with E-state index in [0.717, 1.165) is 0 Å². The Balaban J connectivity index is 1.98. The molecule has 0 aliphatic carbocycles. The molecule has 1 aliphatic heterocycles. The van der Waals surface area contributed by atoms with Crippen molar-refractivity contribution < 1.29 is 31.1 Å². The van der Waals surface area contributed by atoms with E-state index in [0.29, 0.717) is 12.2 Å². The molecule has 25 heavy (non-hydrogen) atoms.